The summed E-state index contributed by atoms with van der Waals surface area (Å²) in [5.74, 6) is 0.0129. The van der Waals surface area contributed by atoms with Gasteiger partial charge in [-0.05, 0) is 36.6 Å². The molecule has 6 heteroatoms. The number of halogens is 1. The summed E-state index contributed by atoms with van der Waals surface area (Å²) in [5.41, 5.74) is 2.62. The van der Waals surface area contributed by atoms with Gasteiger partial charge in [-0.25, -0.2) is 0 Å². The molecule has 0 atom stereocenters. The average molecular weight is 357 g/mol. The van der Waals surface area contributed by atoms with Crippen LogP contribution in [0.5, 0.6) is 0 Å². The molecule has 1 aromatic carbocycles. The lowest BCUT2D eigenvalue weighted by molar-refractivity contribution is -0.112. The molecule has 0 unspecified atom stereocenters. The van der Waals surface area contributed by atoms with E-state index < -0.39 is 5.91 Å². The number of nitriles is 1. The van der Waals surface area contributed by atoms with Crippen LogP contribution in [0.4, 0.5) is 5.69 Å². The van der Waals surface area contributed by atoms with E-state index in [1.807, 2.05) is 30.3 Å². The minimum absolute atomic E-state index is 0.0282. The van der Waals surface area contributed by atoms with Crippen LogP contribution in [0, 0.1) is 11.3 Å². The van der Waals surface area contributed by atoms with E-state index in [1.165, 1.54) is 11.6 Å². The minimum atomic E-state index is -0.436. The first-order valence-electron chi connectivity index (χ1n) is 8.26. The van der Waals surface area contributed by atoms with Gasteiger partial charge in [-0.15, -0.1) is 11.6 Å². The number of aryl methyl sites for hydroxylation is 2. The first kappa shape index (κ1) is 18.8. The van der Waals surface area contributed by atoms with Crippen LogP contribution in [0.25, 0.3) is 6.08 Å². The fraction of sp³-hybridized carbons (Fsp3) is 0.316. The van der Waals surface area contributed by atoms with Gasteiger partial charge in [0.15, 0.2) is 0 Å². The van der Waals surface area contributed by atoms with Crippen molar-refractivity contribution in [3.05, 3.63) is 53.4 Å². The minimum Gasteiger partial charge on any atom is -0.321 e. The Bertz CT molecular complexity index is 771. The van der Waals surface area contributed by atoms with E-state index >= 15 is 0 Å². The Balaban J connectivity index is 2.03. The number of benzene rings is 1. The van der Waals surface area contributed by atoms with Crippen LogP contribution in [-0.2, 0) is 17.8 Å². The second kappa shape index (κ2) is 9.65. The van der Waals surface area contributed by atoms with Crippen molar-refractivity contribution in [1.82, 2.24) is 9.78 Å². The van der Waals surface area contributed by atoms with Crippen LogP contribution in [0.1, 0.15) is 30.9 Å². The third-order valence-electron chi connectivity index (χ3n) is 3.67. The van der Waals surface area contributed by atoms with E-state index in [2.05, 4.69) is 17.3 Å². The number of carbonyl (C=O) groups is 1. The largest absolute Gasteiger partial charge is 0.321 e. The molecule has 1 heterocycles. The molecule has 0 aliphatic carbocycles. The molecule has 2 aromatic rings. The van der Waals surface area contributed by atoms with E-state index in [1.54, 1.807) is 17.1 Å². The summed E-state index contributed by atoms with van der Waals surface area (Å²) in [6.45, 7) is 2.73. The summed E-state index contributed by atoms with van der Waals surface area (Å²) < 4.78 is 1.67. The van der Waals surface area contributed by atoms with Crippen molar-refractivity contribution in [2.75, 3.05) is 11.2 Å². The Morgan fingerprint density at radius 1 is 1.40 bits per heavy atom. The maximum Gasteiger partial charge on any atom is 0.266 e. The molecule has 130 valence electrons. The lowest BCUT2D eigenvalue weighted by Crippen LogP contribution is -2.13. The van der Waals surface area contributed by atoms with Crippen LogP contribution in [0.3, 0.4) is 0 Å². The third kappa shape index (κ3) is 5.77. The number of carbonyl (C=O) groups excluding carboxylic acids is 1. The summed E-state index contributed by atoms with van der Waals surface area (Å²) >= 11 is 5.67. The van der Waals surface area contributed by atoms with Crippen molar-refractivity contribution in [3.63, 3.8) is 0 Å². The van der Waals surface area contributed by atoms with Gasteiger partial charge in [0, 0.05) is 23.3 Å². The summed E-state index contributed by atoms with van der Waals surface area (Å²) in [5, 5.41) is 16.1. The molecule has 0 bridgehead atoms. The van der Waals surface area contributed by atoms with Gasteiger partial charge in [-0.1, -0.05) is 25.5 Å². The molecule has 1 aromatic heterocycles. The van der Waals surface area contributed by atoms with Crippen molar-refractivity contribution < 1.29 is 4.79 Å². The Hall–Kier alpha value is -2.58. The first-order valence-corrected chi connectivity index (χ1v) is 8.80. The zero-order valence-electron chi connectivity index (χ0n) is 14.2. The normalized spacial score (nSPS) is 11.2. The Kier molecular flexibility index (Phi) is 7.24. The highest BCUT2D eigenvalue weighted by molar-refractivity contribution is 6.17. The quantitative estimate of drug-likeness (QED) is 0.441. The maximum atomic E-state index is 12.3. The van der Waals surface area contributed by atoms with Gasteiger partial charge in [0.05, 0.1) is 12.7 Å². The number of amides is 1. The zero-order valence-corrected chi connectivity index (χ0v) is 15.0. The average Bonchev–Trinajstić information content (AvgIpc) is 3.06. The van der Waals surface area contributed by atoms with Crippen molar-refractivity contribution in [2.45, 2.75) is 32.7 Å². The molecule has 2 rings (SSSR count). The molecule has 1 N–H and O–H groups in total. The number of aromatic nitrogens is 2. The van der Waals surface area contributed by atoms with Gasteiger partial charge in [-0.3, -0.25) is 9.48 Å². The van der Waals surface area contributed by atoms with Crippen molar-refractivity contribution >= 4 is 29.3 Å². The predicted octanol–water partition coefficient (Wildman–Crippen LogP) is 4.01. The number of rotatable bonds is 8. The molecule has 1 amide bonds. The number of unbranched alkanes of at least 4 members (excludes halogenated alkanes) is 1. The molecular weight excluding hydrogens is 336 g/mol. The van der Waals surface area contributed by atoms with Gasteiger partial charge in [0.25, 0.3) is 5.91 Å². The number of anilines is 1. The topological polar surface area (TPSA) is 70.7 Å². The van der Waals surface area contributed by atoms with Crippen LogP contribution in [0.15, 0.2) is 42.2 Å². The van der Waals surface area contributed by atoms with E-state index in [0.717, 1.165) is 19.3 Å². The second-order valence-corrected chi connectivity index (χ2v) is 6.03. The molecule has 0 saturated carbocycles. The van der Waals surface area contributed by atoms with E-state index in [4.69, 9.17) is 11.6 Å². The van der Waals surface area contributed by atoms with Crippen molar-refractivity contribution in [3.8, 4) is 6.07 Å². The fourth-order valence-corrected chi connectivity index (χ4v) is 2.49. The monoisotopic (exact) mass is 356 g/mol. The summed E-state index contributed by atoms with van der Waals surface area (Å²) in [7, 11) is 0. The van der Waals surface area contributed by atoms with Gasteiger partial charge in [-0.2, -0.15) is 10.4 Å². The lowest BCUT2D eigenvalue weighted by Gasteiger charge is -2.06. The molecule has 25 heavy (non-hydrogen) atoms. The fourth-order valence-electron chi connectivity index (χ4n) is 2.31. The second-order valence-electron chi connectivity index (χ2n) is 5.65. The third-order valence-corrected chi connectivity index (χ3v) is 3.84. The Morgan fingerprint density at radius 2 is 2.16 bits per heavy atom. The lowest BCUT2D eigenvalue weighted by atomic mass is 10.1. The van der Waals surface area contributed by atoms with Crippen LogP contribution >= 0.6 is 11.6 Å². The molecule has 0 radical (unpaired) electrons. The van der Waals surface area contributed by atoms with Gasteiger partial charge < -0.3 is 5.32 Å². The molecule has 0 aliphatic heterocycles. The smallest absolute Gasteiger partial charge is 0.266 e. The molecule has 0 saturated heterocycles. The maximum absolute atomic E-state index is 12.3. The van der Waals surface area contributed by atoms with Gasteiger partial charge in [0.1, 0.15) is 11.6 Å². The first-order chi connectivity index (χ1) is 12.2. The molecule has 0 aliphatic rings. The van der Waals surface area contributed by atoms with Gasteiger partial charge >= 0.3 is 0 Å². The number of hydrogen-bond acceptors (Lipinski definition) is 3. The number of nitrogens with zero attached hydrogens (tertiary/aromatic N) is 3. The van der Waals surface area contributed by atoms with E-state index in [0.29, 0.717) is 23.7 Å². The number of nitrogens with one attached hydrogen (secondary N) is 1. The van der Waals surface area contributed by atoms with E-state index in [9.17, 15) is 10.1 Å². The van der Waals surface area contributed by atoms with Gasteiger partial charge in [0.2, 0.25) is 0 Å². The Labute approximate surface area is 152 Å². The van der Waals surface area contributed by atoms with Crippen LogP contribution in [0.2, 0.25) is 0 Å². The number of hydrogen-bond donors (Lipinski definition) is 1. The van der Waals surface area contributed by atoms with E-state index in [-0.39, 0.29) is 5.57 Å². The van der Waals surface area contributed by atoms with Crippen LogP contribution < -0.4 is 5.32 Å². The summed E-state index contributed by atoms with van der Waals surface area (Å²) in [6.07, 6.45) is 8.18. The summed E-state index contributed by atoms with van der Waals surface area (Å²) in [4.78, 5) is 12.3. The standard InChI is InChI=1S/C19H21ClN4O/c1-2-3-4-15-5-7-18(8-6-15)23-19(25)17(12-21)11-16-13-22-24(14-16)10-9-20/h5-8,11,13-14H,2-4,9-10H2,1H3,(H,23,25). The highest BCUT2D eigenvalue weighted by Gasteiger charge is 2.10. The van der Waals surface area contributed by atoms with Crippen LogP contribution in [-0.4, -0.2) is 21.6 Å². The molecule has 0 fully saturated rings. The summed E-state index contributed by atoms with van der Waals surface area (Å²) in [6, 6.07) is 9.65. The Morgan fingerprint density at radius 3 is 2.80 bits per heavy atom. The van der Waals surface area contributed by atoms with Crippen molar-refractivity contribution in [1.29, 1.82) is 5.26 Å². The van der Waals surface area contributed by atoms with Crippen molar-refractivity contribution in [2.24, 2.45) is 0 Å². The predicted molar refractivity (Wildman–Crippen MR) is 100 cm³/mol. The highest BCUT2D eigenvalue weighted by Crippen LogP contribution is 2.14. The molecular formula is C19H21ClN4O. The number of alkyl halides is 1. The zero-order chi connectivity index (χ0) is 18.1. The molecule has 0 spiro atoms. The SMILES string of the molecule is CCCCc1ccc(NC(=O)C(C#N)=Cc2cnn(CCCl)c2)cc1. The molecule has 5 nitrogen and oxygen atoms in total. The highest BCUT2D eigenvalue weighted by atomic mass is 35.5.